The monoisotopic (exact) mass is 247 g/mol. The van der Waals surface area contributed by atoms with Gasteiger partial charge < -0.3 is 0 Å². The third kappa shape index (κ3) is 2.52. The summed E-state index contributed by atoms with van der Waals surface area (Å²) < 4.78 is 0. The van der Waals surface area contributed by atoms with Crippen LogP contribution in [0.1, 0.15) is 11.1 Å². The molecule has 0 bridgehead atoms. The summed E-state index contributed by atoms with van der Waals surface area (Å²) in [4.78, 5) is 16.4. The molecule has 2 aromatic rings. The average molecular weight is 247 g/mol. The van der Waals surface area contributed by atoms with Crippen LogP contribution in [0, 0.1) is 0 Å². The van der Waals surface area contributed by atoms with Crippen molar-refractivity contribution in [3.63, 3.8) is 0 Å². The number of carbonyl (C=O) groups excluding carboxylic acids is 1. The molecule has 0 amide bonds. The largest absolute Gasteiger partial charge is 0.288 e. The molecule has 92 valence electrons. The number of ketones is 1. The van der Waals surface area contributed by atoms with E-state index in [9.17, 15) is 4.79 Å². The summed E-state index contributed by atoms with van der Waals surface area (Å²) in [7, 11) is 0. The highest BCUT2D eigenvalue weighted by molar-refractivity contribution is 6.46. The van der Waals surface area contributed by atoms with Gasteiger partial charge in [-0.3, -0.25) is 4.79 Å². The second-order valence-electron chi connectivity index (χ2n) is 4.47. The van der Waals surface area contributed by atoms with E-state index in [0.29, 0.717) is 12.1 Å². The molecule has 2 aromatic carbocycles. The van der Waals surface area contributed by atoms with Crippen LogP contribution in [-0.2, 0) is 11.2 Å². The molecule has 0 saturated carbocycles. The molecule has 0 atom stereocenters. The Bertz CT molecular complexity index is 669. The lowest BCUT2D eigenvalue weighted by Crippen LogP contribution is -2.10. The van der Waals surface area contributed by atoms with E-state index >= 15 is 0 Å². The van der Waals surface area contributed by atoms with Gasteiger partial charge in [0.25, 0.3) is 0 Å². The van der Waals surface area contributed by atoms with Crippen molar-refractivity contribution >= 4 is 23.3 Å². The van der Waals surface area contributed by atoms with E-state index in [-0.39, 0.29) is 5.78 Å². The van der Waals surface area contributed by atoms with E-state index in [4.69, 9.17) is 0 Å². The molecule has 3 rings (SSSR count). The molecule has 2 heteroatoms. The van der Waals surface area contributed by atoms with Gasteiger partial charge in [-0.1, -0.05) is 54.6 Å². The number of nitrogens with zero attached hydrogens (tertiary/aromatic N) is 1. The highest BCUT2D eigenvalue weighted by Gasteiger charge is 2.17. The zero-order valence-corrected chi connectivity index (χ0v) is 10.4. The standard InChI is InChI=1S/C17H13NO/c19-17(11-10-13-6-2-1-3-7-13)16-12-14-8-4-5-9-15(14)18-16/h1-11H,12H2/b11-10+. The number of allylic oxidation sites excluding steroid dienone is 1. The lowest BCUT2D eigenvalue weighted by atomic mass is 10.1. The van der Waals surface area contributed by atoms with E-state index in [0.717, 1.165) is 16.8 Å². The maximum Gasteiger partial charge on any atom is 0.200 e. The van der Waals surface area contributed by atoms with Crippen molar-refractivity contribution < 1.29 is 4.79 Å². The molecule has 1 heterocycles. The van der Waals surface area contributed by atoms with Crippen LogP contribution in [0.25, 0.3) is 6.08 Å². The number of hydrogen-bond donors (Lipinski definition) is 0. The Hall–Kier alpha value is -2.48. The van der Waals surface area contributed by atoms with Crippen molar-refractivity contribution in [2.24, 2.45) is 4.99 Å². The molecule has 0 spiro atoms. The van der Waals surface area contributed by atoms with Crippen LogP contribution in [0.3, 0.4) is 0 Å². The van der Waals surface area contributed by atoms with Crippen LogP contribution >= 0.6 is 0 Å². The van der Waals surface area contributed by atoms with Crippen molar-refractivity contribution in [3.05, 3.63) is 71.8 Å². The van der Waals surface area contributed by atoms with E-state index in [1.54, 1.807) is 6.08 Å². The summed E-state index contributed by atoms with van der Waals surface area (Å²) in [6, 6.07) is 17.7. The minimum atomic E-state index is -0.0138. The summed E-state index contributed by atoms with van der Waals surface area (Å²) in [6.07, 6.45) is 4.06. The third-order valence-electron chi connectivity index (χ3n) is 3.12. The Balaban J connectivity index is 1.75. The Kier molecular flexibility index (Phi) is 3.07. The first-order valence-corrected chi connectivity index (χ1v) is 6.26. The second kappa shape index (κ2) is 5.02. The highest BCUT2D eigenvalue weighted by atomic mass is 16.1. The smallest absolute Gasteiger partial charge is 0.200 e. The summed E-state index contributed by atoms with van der Waals surface area (Å²) in [5.41, 5.74) is 3.68. The first-order valence-electron chi connectivity index (χ1n) is 6.26. The fourth-order valence-corrected chi connectivity index (χ4v) is 2.11. The Morgan fingerprint density at radius 3 is 2.53 bits per heavy atom. The van der Waals surface area contributed by atoms with E-state index in [2.05, 4.69) is 4.99 Å². The number of para-hydroxylation sites is 1. The number of fused-ring (bicyclic) bond motifs is 1. The Labute approximate surface area is 112 Å². The van der Waals surface area contributed by atoms with Gasteiger partial charge in [0, 0.05) is 6.42 Å². The number of hydrogen-bond acceptors (Lipinski definition) is 2. The number of aliphatic imine (C=N–C) groups is 1. The van der Waals surface area contributed by atoms with Gasteiger partial charge >= 0.3 is 0 Å². The average Bonchev–Trinajstić information content (AvgIpc) is 2.90. The molecule has 0 saturated heterocycles. The second-order valence-corrected chi connectivity index (χ2v) is 4.47. The first kappa shape index (κ1) is 11.6. The highest BCUT2D eigenvalue weighted by Crippen LogP contribution is 2.26. The van der Waals surface area contributed by atoms with E-state index < -0.39 is 0 Å². The molecule has 0 fully saturated rings. The van der Waals surface area contributed by atoms with Crippen molar-refractivity contribution in [2.45, 2.75) is 6.42 Å². The molecular formula is C17H13NO. The molecule has 0 N–H and O–H groups in total. The quantitative estimate of drug-likeness (QED) is 0.762. The fourth-order valence-electron chi connectivity index (χ4n) is 2.11. The van der Waals surface area contributed by atoms with Gasteiger partial charge in [0.15, 0.2) is 5.78 Å². The predicted molar refractivity (Wildman–Crippen MR) is 77.7 cm³/mol. The minimum Gasteiger partial charge on any atom is -0.288 e. The number of carbonyl (C=O) groups is 1. The summed E-state index contributed by atoms with van der Waals surface area (Å²) in [5.74, 6) is -0.0138. The van der Waals surface area contributed by atoms with Crippen LogP contribution in [0.15, 0.2) is 65.7 Å². The fraction of sp³-hybridized carbons (Fsp3) is 0.0588. The lowest BCUT2D eigenvalue weighted by molar-refractivity contribution is -0.108. The van der Waals surface area contributed by atoms with Crippen LogP contribution in [0.4, 0.5) is 5.69 Å². The van der Waals surface area contributed by atoms with Gasteiger partial charge in [-0.05, 0) is 23.3 Å². The summed E-state index contributed by atoms with van der Waals surface area (Å²) in [5, 5.41) is 0. The van der Waals surface area contributed by atoms with Crippen LogP contribution in [0.5, 0.6) is 0 Å². The Morgan fingerprint density at radius 1 is 1.00 bits per heavy atom. The van der Waals surface area contributed by atoms with Crippen molar-refractivity contribution in [1.29, 1.82) is 0 Å². The first-order chi connectivity index (χ1) is 9.33. The van der Waals surface area contributed by atoms with Gasteiger partial charge in [-0.25, -0.2) is 4.99 Å². The van der Waals surface area contributed by atoms with Crippen LogP contribution in [-0.4, -0.2) is 11.5 Å². The van der Waals surface area contributed by atoms with Crippen molar-refractivity contribution in [3.8, 4) is 0 Å². The van der Waals surface area contributed by atoms with Crippen LogP contribution < -0.4 is 0 Å². The van der Waals surface area contributed by atoms with E-state index in [1.807, 2.05) is 60.7 Å². The molecular weight excluding hydrogens is 234 g/mol. The molecule has 0 aliphatic carbocycles. The normalized spacial score (nSPS) is 13.4. The SMILES string of the molecule is O=C(/C=C/c1ccccc1)C1=Nc2ccccc2C1. The Morgan fingerprint density at radius 2 is 1.74 bits per heavy atom. The molecule has 1 aliphatic heterocycles. The molecule has 19 heavy (non-hydrogen) atoms. The molecule has 2 nitrogen and oxygen atoms in total. The van der Waals surface area contributed by atoms with Gasteiger partial charge in [0.2, 0.25) is 0 Å². The lowest BCUT2D eigenvalue weighted by Gasteiger charge is -1.94. The van der Waals surface area contributed by atoms with E-state index in [1.165, 1.54) is 0 Å². The number of benzene rings is 2. The van der Waals surface area contributed by atoms with Gasteiger partial charge in [0.1, 0.15) is 0 Å². The third-order valence-corrected chi connectivity index (χ3v) is 3.12. The topological polar surface area (TPSA) is 29.4 Å². The van der Waals surface area contributed by atoms with Gasteiger partial charge in [0.05, 0.1) is 11.4 Å². The molecule has 1 aliphatic rings. The zero-order valence-electron chi connectivity index (χ0n) is 10.4. The van der Waals surface area contributed by atoms with Gasteiger partial charge in [-0.15, -0.1) is 0 Å². The summed E-state index contributed by atoms with van der Waals surface area (Å²) >= 11 is 0. The summed E-state index contributed by atoms with van der Waals surface area (Å²) in [6.45, 7) is 0. The zero-order chi connectivity index (χ0) is 13.1. The molecule has 0 aromatic heterocycles. The van der Waals surface area contributed by atoms with Gasteiger partial charge in [-0.2, -0.15) is 0 Å². The van der Waals surface area contributed by atoms with Crippen LogP contribution in [0.2, 0.25) is 0 Å². The minimum absolute atomic E-state index is 0.0138. The molecule has 0 unspecified atom stereocenters. The van der Waals surface area contributed by atoms with Crippen molar-refractivity contribution in [1.82, 2.24) is 0 Å². The maximum atomic E-state index is 12.1. The maximum absolute atomic E-state index is 12.1. The predicted octanol–water partition coefficient (Wildman–Crippen LogP) is 3.60. The van der Waals surface area contributed by atoms with Crippen molar-refractivity contribution in [2.75, 3.05) is 0 Å². The number of rotatable bonds is 3. The molecule has 0 radical (unpaired) electrons.